The average molecular weight is 352 g/mol. The number of aromatic nitrogens is 2. The second kappa shape index (κ2) is 7.96. The van der Waals surface area contributed by atoms with Gasteiger partial charge in [-0.05, 0) is 55.2 Å². The number of aromatic amines is 1. The molecule has 0 fully saturated rings. The highest BCUT2D eigenvalue weighted by Crippen LogP contribution is 2.28. The molecule has 4 heteroatoms. The monoisotopic (exact) mass is 351 g/mol. The van der Waals surface area contributed by atoms with Gasteiger partial charge in [-0.25, -0.2) is 4.98 Å². The van der Waals surface area contributed by atoms with Gasteiger partial charge in [0.15, 0.2) is 0 Å². The molecule has 0 aliphatic carbocycles. The molecule has 1 aliphatic rings. The highest BCUT2D eigenvalue weighted by molar-refractivity contribution is 7.99. The maximum atomic E-state index is 4.43. The van der Waals surface area contributed by atoms with E-state index in [0.29, 0.717) is 0 Å². The number of imidazole rings is 1. The predicted molar refractivity (Wildman–Crippen MR) is 108 cm³/mol. The number of rotatable bonds is 7. The summed E-state index contributed by atoms with van der Waals surface area (Å²) in [6.45, 7) is 2.41. The van der Waals surface area contributed by atoms with Crippen LogP contribution in [0.1, 0.15) is 31.2 Å². The average Bonchev–Trinajstić information content (AvgIpc) is 3.14. The zero-order valence-electron chi connectivity index (χ0n) is 14.6. The van der Waals surface area contributed by atoms with Gasteiger partial charge < -0.3 is 9.88 Å². The first-order chi connectivity index (χ1) is 12.4. The van der Waals surface area contributed by atoms with Crippen LogP contribution in [0.4, 0.5) is 5.69 Å². The van der Waals surface area contributed by atoms with Crippen LogP contribution in [0, 0.1) is 0 Å². The molecule has 3 aromatic rings. The lowest BCUT2D eigenvalue weighted by Gasteiger charge is -2.31. The summed E-state index contributed by atoms with van der Waals surface area (Å²) in [5.41, 5.74) is 5.23. The van der Waals surface area contributed by atoms with E-state index in [1.165, 1.54) is 67.1 Å². The van der Waals surface area contributed by atoms with Gasteiger partial charge in [0.05, 0.1) is 11.8 Å². The third kappa shape index (κ3) is 3.84. The molecule has 4 rings (SSSR count). The molecule has 3 nitrogen and oxygen atoms in total. The van der Waals surface area contributed by atoms with E-state index in [1.807, 2.05) is 11.8 Å². The molecule has 0 saturated carbocycles. The van der Waals surface area contributed by atoms with Gasteiger partial charge in [-0.2, -0.15) is 0 Å². The first kappa shape index (κ1) is 16.5. The largest absolute Gasteiger partial charge is 0.371 e. The van der Waals surface area contributed by atoms with E-state index in [-0.39, 0.29) is 0 Å². The zero-order chi connectivity index (χ0) is 16.9. The maximum absolute atomic E-state index is 4.43. The third-order valence-corrected chi connectivity index (χ3v) is 6.08. The summed E-state index contributed by atoms with van der Waals surface area (Å²) in [6, 6.07) is 15.3. The lowest BCUT2D eigenvalue weighted by Crippen LogP contribution is -2.30. The van der Waals surface area contributed by atoms with Crippen molar-refractivity contribution in [3.63, 3.8) is 0 Å². The summed E-state index contributed by atoms with van der Waals surface area (Å²) in [7, 11) is 0. The van der Waals surface area contributed by atoms with Crippen molar-refractivity contribution in [1.82, 2.24) is 9.97 Å². The van der Waals surface area contributed by atoms with Crippen LogP contribution in [0.5, 0.6) is 0 Å². The van der Waals surface area contributed by atoms with E-state index in [0.717, 1.165) is 11.0 Å². The first-order valence-electron chi connectivity index (χ1n) is 9.29. The fourth-order valence-corrected chi connectivity index (χ4v) is 4.70. The summed E-state index contributed by atoms with van der Waals surface area (Å²) in [6.07, 6.45) is 8.15. The molecule has 2 aromatic carbocycles. The van der Waals surface area contributed by atoms with Crippen molar-refractivity contribution in [2.24, 2.45) is 0 Å². The summed E-state index contributed by atoms with van der Waals surface area (Å²) in [4.78, 5) is 11.5. The number of H-pyrrole nitrogens is 1. The summed E-state index contributed by atoms with van der Waals surface area (Å²) < 4.78 is 0. The Morgan fingerprint density at radius 3 is 3.00 bits per heavy atom. The number of thioether (sulfide) groups is 1. The van der Waals surface area contributed by atoms with E-state index in [4.69, 9.17) is 0 Å². The topological polar surface area (TPSA) is 31.9 Å². The van der Waals surface area contributed by atoms with Crippen molar-refractivity contribution in [2.75, 3.05) is 23.7 Å². The Labute approximate surface area is 153 Å². The number of hydrogen-bond donors (Lipinski definition) is 1. The minimum Gasteiger partial charge on any atom is -0.371 e. The van der Waals surface area contributed by atoms with Crippen LogP contribution < -0.4 is 4.90 Å². The van der Waals surface area contributed by atoms with E-state index in [2.05, 4.69) is 57.3 Å². The van der Waals surface area contributed by atoms with E-state index < -0.39 is 0 Å². The standard InChI is InChI=1S/C21H25N3S/c1(4-13-24-14-7-9-17-8-2-3-11-19(17)24)5-15-25-20-12-6-10-18-21(20)23-16-22-18/h2-3,6,8,10-12,16H,1,4-5,7,9,13-15H2,(H,22,23). The van der Waals surface area contributed by atoms with Gasteiger partial charge in [0.1, 0.15) is 5.52 Å². The number of nitrogens with one attached hydrogen (secondary N) is 1. The highest BCUT2D eigenvalue weighted by Gasteiger charge is 2.15. The number of aryl methyl sites for hydroxylation is 1. The molecule has 25 heavy (non-hydrogen) atoms. The molecular weight excluding hydrogens is 326 g/mol. The van der Waals surface area contributed by atoms with Crippen molar-refractivity contribution in [3.05, 3.63) is 54.4 Å². The third-order valence-electron chi connectivity index (χ3n) is 4.95. The van der Waals surface area contributed by atoms with E-state index >= 15 is 0 Å². The second-order valence-electron chi connectivity index (χ2n) is 6.68. The number of anilines is 1. The number of para-hydroxylation sites is 2. The Morgan fingerprint density at radius 2 is 2.00 bits per heavy atom. The minimum atomic E-state index is 1.11. The fourth-order valence-electron chi connectivity index (χ4n) is 3.66. The van der Waals surface area contributed by atoms with Crippen LogP contribution in [0.2, 0.25) is 0 Å². The Morgan fingerprint density at radius 1 is 1.04 bits per heavy atom. The van der Waals surface area contributed by atoms with E-state index in [1.54, 1.807) is 6.33 Å². The van der Waals surface area contributed by atoms with Gasteiger partial charge in [-0.15, -0.1) is 11.8 Å². The summed E-state index contributed by atoms with van der Waals surface area (Å²) in [5, 5.41) is 0. The van der Waals surface area contributed by atoms with Gasteiger partial charge in [-0.1, -0.05) is 30.7 Å². The molecule has 0 radical (unpaired) electrons. The second-order valence-corrected chi connectivity index (χ2v) is 7.82. The molecule has 0 atom stereocenters. The molecule has 0 unspecified atom stereocenters. The van der Waals surface area contributed by atoms with Gasteiger partial charge >= 0.3 is 0 Å². The van der Waals surface area contributed by atoms with Crippen LogP contribution >= 0.6 is 11.8 Å². The molecule has 1 N–H and O–H groups in total. The lowest BCUT2D eigenvalue weighted by atomic mass is 10.0. The van der Waals surface area contributed by atoms with Gasteiger partial charge in [0.2, 0.25) is 0 Å². The predicted octanol–water partition coefficient (Wildman–Crippen LogP) is 5.28. The lowest BCUT2D eigenvalue weighted by molar-refractivity contribution is 0.639. The van der Waals surface area contributed by atoms with Crippen LogP contribution in [-0.2, 0) is 6.42 Å². The molecular formula is C21H25N3S. The minimum absolute atomic E-state index is 1.11. The van der Waals surface area contributed by atoms with Crippen molar-refractivity contribution in [3.8, 4) is 0 Å². The summed E-state index contributed by atoms with van der Waals surface area (Å²) >= 11 is 1.93. The molecule has 0 spiro atoms. The van der Waals surface area contributed by atoms with Gasteiger partial charge in [-0.3, -0.25) is 0 Å². The number of hydrogen-bond acceptors (Lipinski definition) is 3. The molecule has 0 saturated heterocycles. The zero-order valence-corrected chi connectivity index (χ0v) is 15.4. The van der Waals surface area contributed by atoms with Crippen molar-refractivity contribution in [2.45, 2.75) is 37.0 Å². The van der Waals surface area contributed by atoms with Crippen LogP contribution in [0.3, 0.4) is 0 Å². The normalized spacial score (nSPS) is 14.0. The van der Waals surface area contributed by atoms with Gasteiger partial charge in [0.25, 0.3) is 0 Å². The van der Waals surface area contributed by atoms with Crippen molar-refractivity contribution in [1.29, 1.82) is 0 Å². The Balaban J connectivity index is 1.21. The molecule has 1 aromatic heterocycles. The van der Waals surface area contributed by atoms with Crippen molar-refractivity contribution >= 4 is 28.5 Å². The van der Waals surface area contributed by atoms with E-state index in [9.17, 15) is 0 Å². The smallest absolute Gasteiger partial charge is 0.102 e. The van der Waals surface area contributed by atoms with Crippen LogP contribution in [0.15, 0.2) is 53.7 Å². The molecule has 1 aliphatic heterocycles. The van der Waals surface area contributed by atoms with Crippen LogP contribution in [0.25, 0.3) is 11.0 Å². The maximum Gasteiger partial charge on any atom is 0.102 e. The van der Waals surface area contributed by atoms with Crippen LogP contribution in [-0.4, -0.2) is 28.8 Å². The SMILES string of the molecule is c1ccc2c(c1)CCCN2CCCCCSc1cccc2[nH]cnc12. The van der Waals surface area contributed by atoms with Crippen molar-refractivity contribution < 1.29 is 0 Å². The summed E-state index contributed by atoms with van der Waals surface area (Å²) in [5.74, 6) is 1.17. The quantitative estimate of drug-likeness (QED) is 0.464. The molecule has 2 heterocycles. The Hall–Kier alpha value is -1.94. The number of benzene rings is 2. The number of unbranched alkanes of at least 4 members (excludes halogenated alkanes) is 2. The molecule has 130 valence electrons. The molecule has 0 amide bonds. The first-order valence-corrected chi connectivity index (χ1v) is 10.3. The Kier molecular flexibility index (Phi) is 5.26. The molecule has 0 bridgehead atoms. The Bertz CT molecular complexity index is 827. The van der Waals surface area contributed by atoms with Gasteiger partial charge in [0, 0.05) is 23.7 Å². The highest BCUT2D eigenvalue weighted by atomic mass is 32.2. The fraction of sp³-hybridized carbons (Fsp3) is 0.381. The number of fused-ring (bicyclic) bond motifs is 2. The number of nitrogens with zero attached hydrogens (tertiary/aromatic N) is 2.